The molecule has 8 heteroatoms. The topological polar surface area (TPSA) is 78.5 Å². The van der Waals surface area contributed by atoms with Gasteiger partial charge in [0.15, 0.2) is 0 Å². The van der Waals surface area contributed by atoms with E-state index in [9.17, 15) is 23.2 Å². The molecule has 1 aliphatic rings. The lowest BCUT2D eigenvalue weighted by molar-refractivity contribution is -0.137. The number of benzene rings is 2. The first-order valence-electron chi connectivity index (χ1n) is 10.6. The van der Waals surface area contributed by atoms with Crippen LogP contribution in [-0.2, 0) is 20.8 Å². The molecule has 2 aromatic rings. The minimum atomic E-state index is -0.910. The number of likely N-dealkylation sites (N-methyl/N-ethyl adjacent to an activating group) is 1. The molecule has 0 spiro atoms. The van der Waals surface area contributed by atoms with Gasteiger partial charge in [-0.05, 0) is 49.4 Å². The van der Waals surface area contributed by atoms with Crippen LogP contribution in [0.25, 0.3) is 0 Å². The van der Waals surface area contributed by atoms with Gasteiger partial charge in [0.25, 0.3) is 0 Å². The third-order valence-corrected chi connectivity index (χ3v) is 5.64. The lowest BCUT2D eigenvalue weighted by atomic mass is 10.0. The number of halogens is 2. The van der Waals surface area contributed by atoms with Crippen LogP contribution in [0.3, 0.4) is 0 Å². The molecule has 1 fully saturated rings. The molecule has 2 aromatic carbocycles. The van der Waals surface area contributed by atoms with E-state index in [1.807, 2.05) is 30.3 Å². The van der Waals surface area contributed by atoms with Crippen LogP contribution in [0.4, 0.5) is 8.78 Å². The first-order valence-corrected chi connectivity index (χ1v) is 10.6. The van der Waals surface area contributed by atoms with Gasteiger partial charge in [-0.25, -0.2) is 8.78 Å². The van der Waals surface area contributed by atoms with E-state index in [0.717, 1.165) is 36.6 Å². The quantitative estimate of drug-likeness (QED) is 0.721. The second kappa shape index (κ2) is 10.3. The molecule has 3 amide bonds. The van der Waals surface area contributed by atoms with Crippen molar-refractivity contribution in [3.8, 4) is 0 Å². The zero-order valence-electron chi connectivity index (χ0n) is 18.1. The molecule has 0 aliphatic carbocycles. The summed E-state index contributed by atoms with van der Waals surface area (Å²) in [4.78, 5) is 39.4. The van der Waals surface area contributed by atoms with E-state index in [0.29, 0.717) is 6.42 Å². The molecular weight excluding hydrogens is 416 g/mol. The first-order chi connectivity index (χ1) is 15.2. The van der Waals surface area contributed by atoms with E-state index in [-0.39, 0.29) is 23.9 Å². The molecule has 0 unspecified atom stereocenters. The van der Waals surface area contributed by atoms with Gasteiger partial charge in [0.1, 0.15) is 23.7 Å². The number of amides is 3. The molecule has 32 heavy (non-hydrogen) atoms. The number of likely N-dealkylation sites (tertiary alicyclic amines) is 1. The fourth-order valence-electron chi connectivity index (χ4n) is 3.98. The molecule has 3 rings (SSSR count). The van der Waals surface area contributed by atoms with Gasteiger partial charge in [0, 0.05) is 13.1 Å². The van der Waals surface area contributed by atoms with Gasteiger partial charge in [0.2, 0.25) is 17.7 Å². The van der Waals surface area contributed by atoms with E-state index >= 15 is 0 Å². The lowest BCUT2D eigenvalue weighted by Gasteiger charge is -2.29. The lowest BCUT2D eigenvalue weighted by Crippen LogP contribution is -2.52. The number of rotatable bonds is 6. The molecule has 1 heterocycles. The summed E-state index contributed by atoms with van der Waals surface area (Å²) in [6.45, 7) is 1.50. The van der Waals surface area contributed by atoms with E-state index in [4.69, 9.17) is 0 Å². The number of hydrogen-bond acceptors (Lipinski definition) is 3. The Kier molecular flexibility index (Phi) is 7.56. The van der Waals surface area contributed by atoms with Crippen molar-refractivity contribution < 1.29 is 23.2 Å². The van der Waals surface area contributed by atoms with Crippen molar-refractivity contribution in [2.45, 2.75) is 50.7 Å². The third kappa shape index (κ3) is 5.90. The average molecular weight is 443 g/mol. The van der Waals surface area contributed by atoms with E-state index < -0.39 is 35.5 Å². The monoisotopic (exact) mass is 443 g/mol. The molecule has 1 aliphatic heterocycles. The Hall–Kier alpha value is -3.29. The number of hydrogen-bond donors (Lipinski definition) is 2. The van der Waals surface area contributed by atoms with Gasteiger partial charge in [-0.1, -0.05) is 30.3 Å². The van der Waals surface area contributed by atoms with Crippen molar-refractivity contribution in [3.63, 3.8) is 0 Å². The first kappa shape index (κ1) is 23.4. The molecule has 1 saturated heterocycles. The van der Waals surface area contributed by atoms with Crippen LogP contribution in [0, 0.1) is 11.6 Å². The van der Waals surface area contributed by atoms with Gasteiger partial charge in [-0.2, -0.15) is 0 Å². The normalized spacial score (nSPS) is 19.8. The maximum absolute atomic E-state index is 13.3. The van der Waals surface area contributed by atoms with Gasteiger partial charge in [-0.15, -0.1) is 0 Å². The van der Waals surface area contributed by atoms with Crippen LogP contribution in [0.1, 0.15) is 43.4 Å². The zero-order valence-corrected chi connectivity index (χ0v) is 18.1. The van der Waals surface area contributed by atoms with Crippen molar-refractivity contribution in [1.82, 2.24) is 15.5 Å². The summed E-state index contributed by atoms with van der Waals surface area (Å²) in [5.74, 6) is -2.77. The molecule has 0 saturated carbocycles. The minimum Gasteiger partial charge on any atom is -0.344 e. The highest BCUT2D eigenvalue weighted by Crippen LogP contribution is 2.29. The van der Waals surface area contributed by atoms with Gasteiger partial charge >= 0.3 is 0 Å². The third-order valence-electron chi connectivity index (χ3n) is 5.64. The summed E-state index contributed by atoms with van der Waals surface area (Å²) >= 11 is 0. The van der Waals surface area contributed by atoms with Gasteiger partial charge in [-0.3, -0.25) is 14.4 Å². The number of nitrogens with one attached hydrogen (secondary N) is 2. The molecule has 2 N–H and O–H groups in total. The van der Waals surface area contributed by atoms with Crippen molar-refractivity contribution in [2.24, 2.45) is 0 Å². The Labute approximate surface area is 186 Å². The Bertz CT molecular complexity index is 963. The highest BCUT2D eigenvalue weighted by molar-refractivity contribution is 5.92. The molecular formula is C24H27F2N3O3. The molecule has 0 aromatic heterocycles. The summed E-state index contributed by atoms with van der Waals surface area (Å²) in [7, 11) is 1.73. The number of carbonyl (C=O) groups is 3. The zero-order chi connectivity index (χ0) is 23.3. The fourth-order valence-corrected chi connectivity index (χ4v) is 3.98. The molecule has 170 valence electrons. The Morgan fingerprint density at radius 2 is 1.75 bits per heavy atom. The summed E-state index contributed by atoms with van der Waals surface area (Å²) < 4.78 is 26.6. The SMILES string of the molecule is C[C@H](NC(=O)Cc1cc(F)cc(F)c1)C(=O)N[C@@H]1CCC[C@H](c2ccccc2)N(C)C1=O. The fraction of sp³-hybridized carbons (Fsp3) is 0.375. The molecule has 0 radical (unpaired) electrons. The largest absolute Gasteiger partial charge is 0.344 e. The maximum Gasteiger partial charge on any atom is 0.245 e. The highest BCUT2D eigenvalue weighted by Gasteiger charge is 2.33. The minimum absolute atomic E-state index is 0.0607. The van der Waals surface area contributed by atoms with E-state index in [1.54, 1.807) is 11.9 Å². The summed E-state index contributed by atoms with van der Waals surface area (Å²) in [5.41, 5.74) is 1.21. The highest BCUT2D eigenvalue weighted by atomic mass is 19.1. The molecule has 6 nitrogen and oxygen atoms in total. The van der Waals surface area contributed by atoms with E-state index in [1.165, 1.54) is 6.92 Å². The van der Waals surface area contributed by atoms with Crippen LogP contribution in [0.15, 0.2) is 48.5 Å². The van der Waals surface area contributed by atoms with Crippen LogP contribution in [0.5, 0.6) is 0 Å². The molecule has 0 bridgehead atoms. The summed E-state index contributed by atoms with van der Waals surface area (Å²) in [6.07, 6.45) is 1.78. The van der Waals surface area contributed by atoms with Crippen molar-refractivity contribution >= 4 is 17.7 Å². The summed E-state index contributed by atoms with van der Waals surface area (Å²) in [6, 6.07) is 10.9. The summed E-state index contributed by atoms with van der Waals surface area (Å²) in [5, 5.41) is 5.25. The predicted molar refractivity (Wildman–Crippen MR) is 115 cm³/mol. The Morgan fingerprint density at radius 3 is 2.41 bits per heavy atom. The van der Waals surface area contributed by atoms with Gasteiger partial charge in [0.05, 0.1) is 12.5 Å². The Balaban J connectivity index is 1.57. The molecule has 3 atom stereocenters. The van der Waals surface area contributed by atoms with Crippen LogP contribution >= 0.6 is 0 Å². The smallest absolute Gasteiger partial charge is 0.245 e. The van der Waals surface area contributed by atoms with E-state index in [2.05, 4.69) is 10.6 Å². The Morgan fingerprint density at radius 1 is 1.09 bits per heavy atom. The standard InChI is InChI=1S/C24H27F2N3O3/c1-15(27-22(30)13-16-11-18(25)14-19(26)12-16)23(31)28-20-9-6-10-21(29(2)24(20)32)17-7-4-3-5-8-17/h3-5,7-8,11-12,14-15,20-21H,6,9-10,13H2,1-2H3,(H,27,30)(H,28,31)/t15-,20+,21+/m0/s1. The van der Waals surface area contributed by atoms with Gasteiger partial charge < -0.3 is 15.5 Å². The maximum atomic E-state index is 13.3. The van der Waals surface area contributed by atoms with Crippen molar-refractivity contribution in [3.05, 3.63) is 71.3 Å². The average Bonchev–Trinajstić information content (AvgIpc) is 2.87. The van der Waals surface area contributed by atoms with Crippen LogP contribution in [-0.4, -0.2) is 41.8 Å². The van der Waals surface area contributed by atoms with Crippen molar-refractivity contribution in [1.29, 1.82) is 0 Å². The number of carbonyl (C=O) groups excluding carboxylic acids is 3. The van der Waals surface area contributed by atoms with Crippen molar-refractivity contribution in [2.75, 3.05) is 7.05 Å². The second-order valence-electron chi connectivity index (χ2n) is 8.11. The second-order valence-corrected chi connectivity index (χ2v) is 8.11. The predicted octanol–water partition coefficient (Wildman–Crippen LogP) is 2.88. The van der Waals surface area contributed by atoms with Crippen LogP contribution < -0.4 is 10.6 Å². The number of nitrogens with zero attached hydrogens (tertiary/aromatic N) is 1. The van der Waals surface area contributed by atoms with Crippen LogP contribution in [0.2, 0.25) is 0 Å².